The summed E-state index contributed by atoms with van der Waals surface area (Å²) in [4.78, 5) is 0. The Morgan fingerprint density at radius 2 is 1.69 bits per heavy atom. The summed E-state index contributed by atoms with van der Waals surface area (Å²) >= 11 is 0. The number of hydrogen-bond acceptors (Lipinski definition) is 1. The molecule has 0 bridgehead atoms. The molecule has 13 heavy (non-hydrogen) atoms. The van der Waals surface area contributed by atoms with Crippen LogP contribution in [0.25, 0.3) is 0 Å². The maximum atomic E-state index is 10.1. The van der Waals surface area contributed by atoms with Crippen LogP contribution >= 0.6 is 0 Å². The first kappa shape index (κ1) is 12.9. The molecule has 2 heteroatoms. The molecule has 1 aliphatic rings. The summed E-state index contributed by atoms with van der Waals surface area (Å²) in [6.07, 6.45) is 10.7. The molecular weight excluding hydrogens is 164 g/mol. The highest BCUT2D eigenvalue weighted by Gasteiger charge is 2.27. The summed E-state index contributed by atoms with van der Waals surface area (Å²) in [7, 11) is 0. The van der Waals surface area contributed by atoms with Gasteiger partial charge in [0.05, 0.1) is 5.60 Å². The molecule has 3 N–H and O–H groups in total. The minimum absolute atomic E-state index is 0. The van der Waals surface area contributed by atoms with Gasteiger partial charge in [-0.3, -0.25) is 0 Å². The second kappa shape index (κ2) is 6.39. The molecule has 1 aliphatic carbocycles. The topological polar surface area (TPSA) is 51.7 Å². The van der Waals surface area contributed by atoms with Crippen molar-refractivity contribution in [2.75, 3.05) is 0 Å². The fourth-order valence-corrected chi connectivity index (χ4v) is 2.16. The molecule has 0 amide bonds. The number of hydrogen-bond donors (Lipinski definition) is 1. The van der Waals surface area contributed by atoms with Crippen molar-refractivity contribution in [3.8, 4) is 0 Å². The van der Waals surface area contributed by atoms with Crippen LogP contribution in [0, 0.1) is 0 Å². The van der Waals surface area contributed by atoms with E-state index in [0.29, 0.717) is 0 Å². The lowest BCUT2D eigenvalue weighted by Crippen LogP contribution is -2.30. The summed E-state index contributed by atoms with van der Waals surface area (Å²) in [5.41, 5.74) is -0.270. The minimum Gasteiger partial charge on any atom is -0.412 e. The van der Waals surface area contributed by atoms with E-state index in [2.05, 4.69) is 6.92 Å². The quantitative estimate of drug-likeness (QED) is 0.677. The Kier molecular flexibility index (Phi) is 6.35. The van der Waals surface area contributed by atoms with Crippen molar-refractivity contribution in [3.63, 3.8) is 0 Å². The maximum absolute atomic E-state index is 10.1. The van der Waals surface area contributed by atoms with E-state index in [4.69, 9.17) is 0 Å². The molecule has 0 heterocycles. The molecular formula is C11H24O2. The number of rotatable bonds is 4. The van der Waals surface area contributed by atoms with E-state index in [1.165, 1.54) is 38.5 Å². The first-order chi connectivity index (χ1) is 5.77. The molecule has 0 radical (unpaired) electrons. The largest absolute Gasteiger partial charge is 0.412 e. The predicted molar refractivity (Wildman–Crippen MR) is 55.8 cm³/mol. The zero-order valence-corrected chi connectivity index (χ0v) is 8.81. The van der Waals surface area contributed by atoms with E-state index >= 15 is 0 Å². The molecule has 0 saturated heterocycles. The van der Waals surface area contributed by atoms with Gasteiger partial charge in [-0.25, -0.2) is 0 Å². The van der Waals surface area contributed by atoms with Crippen molar-refractivity contribution < 1.29 is 10.6 Å². The van der Waals surface area contributed by atoms with Gasteiger partial charge in [0.15, 0.2) is 0 Å². The van der Waals surface area contributed by atoms with Gasteiger partial charge < -0.3 is 10.6 Å². The Morgan fingerprint density at radius 3 is 2.23 bits per heavy atom. The van der Waals surface area contributed by atoms with Gasteiger partial charge in [0.25, 0.3) is 0 Å². The Morgan fingerprint density at radius 1 is 1.08 bits per heavy atom. The fraction of sp³-hybridized carbons (Fsp3) is 1.00. The van der Waals surface area contributed by atoms with Crippen LogP contribution in [0.15, 0.2) is 0 Å². The second-order valence-corrected chi connectivity index (χ2v) is 4.24. The molecule has 1 fully saturated rings. The average molecular weight is 188 g/mol. The van der Waals surface area contributed by atoms with Crippen LogP contribution in [-0.2, 0) is 0 Å². The molecule has 2 nitrogen and oxygen atoms in total. The SMILES string of the molecule is CCCCCC1(O)CCCCC1.O. The lowest BCUT2D eigenvalue weighted by Gasteiger charge is -2.32. The highest BCUT2D eigenvalue weighted by Crippen LogP contribution is 2.32. The summed E-state index contributed by atoms with van der Waals surface area (Å²) in [5, 5.41) is 10.1. The van der Waals surface area contributed by atoms with Crippen LogP contribution < -0.4 is 0 Å². The lowest BCUT2D eigenvalue weighted by atomic mass is 9.81. The summed E-state index contributed by atoms with van der Waals surface area (Å²) in [6, 6.07) is 0. The van der Waals surface area contributed by atoms with Crippen LogP contribution in [-0.4, -0.2) is 16.2 Å². The van der Waals surface area contributed by atoms with Gasteiger partial charge in [-0.05, 0) is 19.3 Å². The number of unbranched alkanes of at least 4 members (excludes halogenated alkanes) is 2. The van der Waals surface area contributed by atoms with Crippen LogP contribution in [0.4, 0.5) is 0 Å². The fourth-order valence-electron chi connectivity index (χ4n) is 2.16. The minimum atomic E-state index is -0.270. The standard InChI is InChI=1S/C11H22O.H2O/c1-2-3-5-8-11(12)9-6-4-7-10-11;/h12H,2-10H2,1H3;1H2. The lowest BCUT2D eigenvalue weighted by molar-refractivity contribution is -0.00578. The van der Waals surface area contributed by atoms with Crippen molar-refractivity contribution in [2.45, 2.75) is 70.3 Å². The Balaban J connectivity index is 0.00000144. The van der Waals surface area contributed by atoms with E-state index in [9.17, 15) is 5.11 Å². The zero-order valence-electron chi connectivity index (χ0n) is 8.81. The van der Waals surface area contributed by atoms with Crippen molar-refractivity contribution in [1.29, 1.82) is 0 Å². The van der Waals surface area contributed by atoms with E-state index in [1.807, 2.05) is 0 Å². The van der Waals surface area contributed by atoms with Gasteiger partial charge in [0.2, 0.25) is 0 Å². The third-order valence-corrected chi connectivity index (χ3v) is 3.03. The molecule has 0 unspecified atom stereocenters. The van der Waals surface area contributed by atoms with Gasteiger partial charge in [-0.2, -0.15) is 0 Å². The zero-order chi connectivity index (χ0) is 8.86. The van der Waals surface area contributed by atoms with Crippen LogP contribution in [0.3, 0.4) is 0 Å². The van der Waals surface area contributed by atoms with Crippen LogP contribution in [0.1, 0.15) is 64.7 Å². The van der Waals surface area contributed by atoms with Crippen molar-refractivity contribution >= 4 is 0 Å². The Hall–Kier alpha value is -0.0800. The Labute approximate surface area is 81.7 Å². The van der Waals surface area contributed by atoms with Gasteiger partial charge in [-0.15, -0.1) is 0 Å². The monoisotopic (exact) mass is 188 g/mol. The third-order valence-electron chi connectivity index (χ3n) is 3.03. The smallest absolute Gasteiger partial charge is 0.0647 e. The second-order valence-electron chi connectivity index (χ2n) is 4.24. The van der Waals surface area contributed by atoms with Crippen molar-refractivity contribution in [3.05, 3.63) is 0 Å². The average Bonchev–Trinajstić information content (AvgIpc) is 2.06. The van der Waals surface area contributed by atoms with E-state index < -0.39 is 0 Å². The van der Waals surface area contributed by atoms with E-state index in [0.717, 1.165) is 19.3 Å². The first-order valence-corrected chi connectivity index (χ1v) is 5.49. The molecule has 0 aromatic carbocycles. The predicted octanol–water partition coefficient (Wildman–Crippen LogP) is 2.44. The van der Waals surface area contributed by atoms with Crippen LogP contribution in [0.5, 0.6) is 0 Å². The summed E-state index contributed by atoms with van der Waals surface area (Å²) < 4.78 is 0. The van der Waals surface area contributed by atoms with Crippen LogP contribution in [0.2, 0.25) is 0 Å². The molecule has 0 spiro atoms. The summed E-state index contributed by atoms with van der Waals surface area (Å²) in [6.45, 7) is 2.21. The number of aliphatic hydroxyl groups is 1. The van der Waals surface area contributed by atoms with Gasteiger partial charge in [0, 0.05) is 0 Å². The molecule has 0 aliphatic heterocycles. The van der Waals surface area contributed by atoms with Crippen molar-refractivity contribution in [1.82, 2.24) is 0 Å². The molecule has 1 rings (SSSR count). The van der Waals surface area contributed by atoms with Gasteiger partial charge in [-0.1, -0.05) is 45.4 Å². The molecule has 0 aromatic heterocycles. The van der Waals surface area contributed by atoms with E-state index in [1.54, 1.807) is 0 Å². The first-order valence-electron chi connectivity index (χ1n) is 5.49. The van der Waals surface area contributed by atoms with E-state index in [-0.39, 0.29) is 11.1 Å². The van der Waals surface area contributed by atoms with Crippen molar-refractivity contribution in [2.24, 2.45) is 0 Å². The molecule has 1 saturated carbocycles. The van der Waals surface area contributed by atoms with Gasteiger partial charge in [0.1, 0.15) is 0 Å². The third kappa shape index (κ3) is 4.63. The molecule has 0 atom stereocenters. The Bertz CT molecular complexity index is 117. The molecule has 0 aromatic rings. The van der Waals surface area contributed by atoms with Gasteiger partial charge >= 0.3 is 0 Å². The normalized spacial score (nSPS) is 20.8. The molecule has 80 valence electrons. The highest BCUT2D eigenvalue weighted by molar-refractivity contribution is 4.81. The maximum Gasteiger partial charge on any atom is 0.0647 e. The summed E-state index contributed by atoms with van der Waals surface area (Å²) in [5.74, 6) is 0. The highest BCUT2D eigenvalue weighted by atomic mass is 16.3.